The number of amides is 2. The zero-order valence-electron chi connectivity index (χ0n) is 11.3. The number of hydrogen-bond acceptors (Lipinski definition) is 4. The summed E-state index contributed by atoms with van der Waals surface area (Å²) < 4.78 is 5.30. The van der Waals surface area contributed by atoms with E-state index in [9.17, 15) is 9.59 Å². The van der Waals surface area contributed by atoms with E-state index in [1.807, 2.05) is 0 Å². The number of hydrogen-bond donors (Lipinski definition) is 1. The molecule has 1 aromatic heterocycles. The summed E-state index contributed by atoms with van der Waals surface area (Å²) in [7, 11) is 1.48. The quantitative estimate of drug-likeness (QED) is 0.862. The van der Waals surface area contributed by atoms with Crippen LogP contribution in [0.4, 0.5) is 0 Å². The van der Waals surface area contributed by atoms with Crippen LogP contribution in [0, 0.1) is 0 Å². The second-order valence-corrected chi connectivity index (χ2v) is 5.34. The second-order valence-electron chi connectivity index (χ2n) is 4.97. The maximum absolute atomic E-state index is 12.2. The minimum atomic E-state index is -0.515. The van der Waals surface area contributed by atoms with Crippen molar-refractivity contribution in [1.29, 1.82) is 0 Å². The zero-order valence-corrected chi connectivity index (χ0v) is 12.1. The van der Waals surface area contributed by atoms with Gasteiger partial charge >= 0.3 is 0 Å². The number of carbonyl (C=O) groups is 2. The van der Waals surface area contributed by atoms with E-state index in [-0.39, 0.29) is 23.5 Å². The lowest BCUT2D eigenvalue weighted by Gasteiger charge is -2.24. The van der Waals surface area contributed by atoms with Crippen molar-refractivity contribution >= 4 is 23.4 Å². The van der Waals surface area contributed by atoms with Gasteiger partial charge in [0.05, 0.1) is 12.5 Å². The average molecular weight is 305 g/mol. The van der Waals surface area contributed by atoms with E-state index in [1.54, 1.807) is 30.3 Å². The summed E-state index contributed by atoms with van der Waals surface area (Å²) >= 11 is 5.75. The number of nitrogens with two attached hydrogens (primary N) is 1. The van der Waals surface area contributed by atoms with Gasteiger partial charge in [-0.1, -0.05) is 12.1 Å². The largest absolute Gasteiger partial charge is 0.448 e. The molecule has 1 atom stereocenters. The van der Waals surface area contributed by atoms with E-state index in [1.165, 1.54) is 7.05 Å². The van der Waals surface area contributed by atoms with Gasteiger partial charge in [0, 0.05) is 12.6 Å². The van der Waals surface area contributed by atoms with Crippen LogP contribution in [0.2, 0.25) is 5.22 Å². The number of fused-ring (bicyclic) bond motifs is 1. The van der Waals surface area contributed by atoms with Crippen LogP contribution in [0.1, 0.15) is 33.3 Å². The van der Waals surface area contributed by atoms with Crippen molar-refractivity contribution in [2.45, 2.75) is 12.5 Å². The molecule has 1 aliphatic heterocycles. The van der Waals surface area contributed by atoms with E-state index in [2.05, 4.69) is 0 Å². The summed E-state index contributed by atoms with van der Waals surface area (Å²) in [4.78, 5) is 24.9. The fourth-order valence-corrected chi connectivity index (χ4v) is 2.53. The van der Waals surface area contributed by atoms with E-state index < -0.39 is 6.04 Å². The monoisotopic (exact) mass is 304 g/mol. The standard InChI is InChI=1S/C15H13ClN2O3/c1-18-13(19)7-8-2-3-9(6-10(8)15(18)20)14(17)11-4-5-12(16)21-11/h2-6,14H,7,17H2,1H3. The van der Waals surface area contributed by atoms with Crippen molar-refractivity contribution in [3.8, 4) is 0 Å². The summed E-state index contributed by atoms with van der Waals surface area (Å²) in [6, 6.07) is 8.07. The predicted molar refractivity (Wildman–Crippen MR) is 77.0 cm³/mol. The highest BCUT2D eigenvalue weighted by molar-refractivity contribution is 6.28. The highest BCUT2D eigenvalue weighted by atomic mass is 35.5. The van der Waals surface area contributed by atoms with E-state index in [0.717, 1.165) is 16.0 Å². The van der Waals surface area contributed by atoms with Crippen molar-refractivity contribution in [3.63, 3.8) is 0 Å². The van der Waals surface area contributed by atoms with E-state index in [0.29, 0.717) is 11.3 Å². The Hall–Kier alpha value is -2.11. The molecule has 0 aliphatic carbocycles. The molecule has 3 rings (SSSR count). The Morgan fingerprint density at radius 2 is 2.05 bits per heavy atom. The van der Waals surface area contributed by atoms with Crippen LogP contribution >= 0.6 is 11.6 Å². The first-order valence-corrected chi connectivity index (χ1v) is 6.79. The fraction of sp³-hybridized carbons (Fsp3) is 0.200. The number of rotatable bonds is 2. The van der Waals surface area contributed by atoms with Crippen molar-refractivity contribution in [2.75, 3.05) is 7.05 Å². The van der Waals surface area contributed by atoms with Crippen LogP contribution in [0.15, 0.2) is 34.7 Å². The third-order valence-electron chi connectivity index (χ3n) is 3.64. The number of carbonyl (C=O) groups excluding carboxylic acids is 2. The van der Waals surface area contributed by atoms with Gasteiger partial charge in [-0.05, 0) is 40.9 Å². The molecule has 0 spiro atoms. The summed E-state index contributed by atoms with van der Waals surface area (Å²) in [6.45, 7) is 0. The van der Waals surface area contributed by atoms with Crippen LogP contribution < -0.4 is 5.73 Å². The third-order valence-corrected chi connectivity index (χ3v) is 3.85. The molecule has 6 heteroatoms. The predicted octanol–water partition coefficient (Wildman–Crippen LogP) is 2.14. The van der Waals surface area contributed by atoms with Crippen molar-refractivity contribution < 1.29 is 14.0 Å². The molecule has 0 radical (unpaired) electrons. The summed E-state index contributed by atoms with van der Waals surface area (Å²) in [5.74, 6) is 0.00258. The van der Waals surface area contributed by atoms with Gasteiger partial charge in [-0.25, -0.2) is 0 Å². The molecule has 2 N–H and O–H groups in total. The first-order chi connectivity index (χ1) is 9.97. The minimum absolute atomic E-state index is 0.206. The lowest BCUT2D eigenvalue weighted by Crippen LogP contribution is -2.39. The maximum Gasteiger partial charge on any atom is 0.260 e. The lowest BCUT2D eigenvalue weighted by atomic mass is 9.94. The maximum atomic E-state index is 12.2. The normalized spacial score (nSPS) is 16.0. The summed E-state index contributed by atoms with van der Waals surface area (Å²) in [5.41, 5.74) is 8.08. The number of benzene rings is 1. The molecule has 21 heavy (non-hydrogen) atoms. The SMILES string of the molecule is CN1C(=O)Cc2ccc(C(N)c3ccc(Cl)o3)cc2C1=O. The Balaban J connectivity index is 2.00. The zero-order chi connectivity index (χ0) is 15.1. The van der Waals surface area contributed by atoms with Gasteiger partial charge < -0.3 is 10.2 Å². The number of halogens is 1. The van der Waals surface area contributed by atoms with Gasteiger partial charge in [0.15, 0.2) is 5.22 Å². The molecule has 1 aliphatic rings. The third kappa shape index (κ3) is 2.34. The highest BCUT2D eigenvalue weighted by Crippen LogP contribution is 2.27. The molecule has 2 heterocycles. The molecule has 5 nitrogen and oxygen atoms in total. The number of imide groups is 1. The Morgan fingerprint density at radius 1 is 1.29 bits per heavy atom. The smallest absolute Gasteiger partial charge is 0.260 e. The van der Waals surface area contributed by atoms with Crippen LogP contribution in [-0.4, -0.2) is 23.8 Å². The Labute approximate surface area is 126 Å². The van der Waals surface area contributed by atoms with Gasteiger partial charge in [-0.15, -0.1) is 0 Å². The van der Waals surface area contributed by atoms with Gasteiger partial charge in [0.1, 0.15) is 5.76 Å². The van der Waals surface area contributed by atoms with Crippen LogP contribution in [0.5, 0.6) is 0 Å². The minimum Gasteiger partial charge on any atom is -0.448 e. The number of furan rings is 1. The second kappa shape index (κ2) is 5.02. The molecule has 0 fully saturated rings. The first-order valence-electron chi connectivity index (χ1n) is 6.42. The molecule has 2 aromatic rings. The number of likely N-dealkylation sites (N-methyl/N-ethyl adjacent to an activating group) is 1. The molecule has 1 unspecified atom stereocenters. The molecule has 0 saturated carbocycles. The van der Waals surface area contributed by atoms with Crippen molar-refractivity contribution in [2.24, 2.45) is 5.73 Å². The van der Waals surface area contributed by atoms with Crippen LogP contribution in [0.25, 0.3) is 0 Å². The van der Waals surface area contributed by atoms with E-state index >= 15 is 0 Å². The highest BCUT2D eigenvalue weighted by Gasteiger charge is 2.28. The Bertz CT molecular complexity index is 738. The van der Waals surface area contributed by atoms with Gasteiger partial charge in [-0.3, -0.25) is 14.5 Å². The van der Waals surface area contributed by atoms with Crippen LogP contribution in [0.3, 0.4) is 0 Å². The van der Waals surface area contributed by atoms with Gasteiger partial charge in [0.2, 0.25) is 5.91 Å². The van der Waals surface area contributed by atoms with Gasteiger partial charge in [0.25, 0.3) is 5.91 Å². The molecule has 0 saturated heterocycles. The average Bonchev–Trinajstić information content (AvgIpc) is 2.90. The van der Waals surface area contributed by atoms with Crippen molar-refractivity contribution in [3.05, 3.63) is 58.0 Å². The first kappa shape index (κ1) is 13.9. The summed E-state index contributed by atoms with van der Waals surface area (Å²) in [5, 5.41) is 0.264. The van der Waals surface area contributed by atoms with Gasteiger partial charge in [-0.2, -0.15) is 0 Å². The molecular formula is C15H13ClN2O3. The molecule has 0 bridgehead atoms. The molecule has 2 amide bonds. The lowest BCUT2D eigenvalue weighted by molar-refractivity contribution is -0.127. The fourth-order valence-electron chi connectivity index (χ4n) is 2.38. The van der Waals surface area contributed by atoms with Crippen LogP contribution in [-0.2, 0) is 11.2 Å². The summed E-state index contributed by atoms with van der Waals surface area (Å²) in [6.07, 6.45) is 0.222. The van der Waals surface area contributed by atoms with E-state index in [4.69, 9.17) is 21.8 Å². The Kier molecular flexibility index (Phi) is 3.31. The Morgan fingerprint density at radius 3 is 2.71 bits per heavy atom. The molecular weight excluding hydrogens is 292 g/mol. The topological polar surface area (TPSA) is 76.5 Å². The van der Waals surface area contributed by atoms with Crippen molar-refractivity contribution in [1.82, 2.24) is 4.90 Å². The molecule has 108 valence electrons. The molecule has 1 aromatic carbocycles. The number of nitrogens with zero attached hydrogens (tertiary/aromatic N) is 1.